The van der Waals surface area contributed by atoms with Crippen LogP contribution in [0.5, 0.6) is 0 Å². The zero-order chi connectivity index (χ0) is 14.2. The van der Waals surface area contributed by atoms with E-state index in [1.54, 1.807) is 0 Å². The van der Waals surface area contributed by atoms with E-state index in [1.807, 2.05) is 0 Å². The first kappa shape index (κ1) is 14.1. The van der Waals surface area contributed by atoms with E-state index in [-0.39, 0.29) is 0 Å². The van der Waals surface area contributed by atoms with Crippen molar-refractivity contribution in [2.75, 3.05) is 19.6 Å². The molecule has 20 heavy (non-hydrogen) atoms. The highest BCUT2D eigenvalue weighted by Crippen LogP contribution is 2.52. The van der Waals surface area contributed by atoms with Crippen LogP contribution in [-0.2, 0) is 6.42 Å². The summed E-state index contributed by atoms with van der Waals surface area (Å²) in [5.41, 5.74) is 2.05. The van der Waals surface area contributed by atoms with E-state index >= 15 is 0 Å². The summed E-state index contributed by atoms with van der Waals surface area (Å²) in [7, 11) is 0. The minimum atomic E-state index is 0.597. The highest BCUT2D eigenvalue weighted by atomic mass is 15.2. The molecule has 0 aromatic heterocycles. The third-order valence-corrected chi connectivity index (χ3v) is 5.28. The SMILES string of the molecule is CC1CNC(Cc2ccccc2)CN1CC1CC1(C)C. The number of nitrogens with one attached hydrogen (secondary N) is 1. The Hall–Kier alpha value is -0.860. The van der Waals surface area contributed by atoms with Gasteiger partial charge in [-0.05, 0) is 36.7 Å². The monoisotopic (exact) mass is 272 g/mol. The van der Waals surface area contributed by atoms with Crippen molar-refractivity contribution in [3.8, 4) is 0 Å². The van der Waals surface area contributed by atoms with Gasteiger partial charge in [0, 0.05) is 31.7 Å². The Morgan fingerprint density at radius 1 is 1.25 bits per heavy atom. The molecular weight excluding hydrogens is 244 g/mol. The molecule has 0 spiro atoms. The van der Waals surface area contributed by atoms with Gasteiger partial charge in [-0.15, -0.1) is 0 Å². The van der Waals surface area contributed by atoms with Crippen LogP contribution in [0.3, 0.4) is 0 Å². The first-order chi connectivity index (χ1) is 9.54. The maximum Gasteiger partial charge on any atom is 0.0236 e. The summed E-state index contributed by atoms with van der Waals surface area (Å²) in [6.07, 6.45) is 2.56. The van der Waals surface area contributed by atoms with Gasteiger partial charge >= 0.3 is 0 Å². The average molecular weight is 272 g/mol. The van der Waals surface area contributed by atoms with Crippen LogP contribution in [0.1, 0.15) is 32.8 Å². The average Bonchev–Trinajstić information content (AvgIpc) is 3.02. The molecule has 2 nitrogen and oxygen atoms in total. The Morgan fingerprint density at radius 3 is 2.60 bits per heavy atom. The quantitative estimate of drug-likeness (QED) is 0.906. The molecule has 1 aliphatic carbocycles. The van der Waals surface area contributed by atoms with Crippen LogP contribution < -0.4 is 5.32 Å². The van der Waals surface area contributed by atoms with Gasteiger partial charge in [0.15, 0.2) is 0 Å². The molecule has 1 saturated heterocycles. The van der Waals surface area contributed by atoms with Crippen LogP contribution in [0, 0.1) is 11.3 Å². The molecule has 110 valence electrons. The van der Waals surface area contributed by atoms with Crippen LogP contribution in [-0.4, -0.2) is 36.6 Å². The van der Waals surface area contributed by atoms with Crippen LogP contribution in [0.4, 0.5) is 0 Å². The van der Waals surface area contributed by atoms with E-state index < -0.39 is 0 Å². The van der Waals surface area contributed by atoms with Gasteiger partial charge in [-0.25, -0.2) is 0 Å². The smallest absolute Gasteiger partial charge is 0.0236 e. The second-order valence-corrected chi connectivity index (χ2v) is 7.49. The van der Waals surface area contributed by atoms with Gasteiger partial charge in [0.1, 0.15) is 0 Å². The van der Waals surface area contributed by atoms with Crippen molar-refractivity contribution in [3.63, 3.8) is 0 Å². The van der Waals surface area contributed by atoms with Crippen molar-refractivity contribution >= 4 is 0 Å². The number of rotatable bonds is 4. The first-order valence-corrected chi connectivity index (χ1v) is 8.06. The molecule has 2 aliphatic rings. The molecule has 2 fully saturated rings. The molecule has 1 N–H and O–H groups in total. The van der Waals surface area contributed by atoms with E-state index in [9.17, 15) is 0 Å². The van der Waals surface area contributed by atoms with Gasteiger partial charge in [-0.2, -0.15) is 0 Å². The zero-order valence-electron chi connectivity index (χ0n) is 13.1. The topological polar surface area (TPSA) is 15.3 Å². The highest BCUT2D eigenvalue weighted by molar-refractivity contribution is 5.16. The number of piperazine rings is 1. The van der Waals surface area contributed by atoms with Gasteiger partial charge in [0.05, 0.1) is 0 Å². The molecule has 0 bridgehead atoms. The molecule has 1 aromatic carbocycles. The minimum absolute atomic E-state index is 0.597. The molecule has 3 unspecified atom stereocenters. The van der Waals surface area contributed by atoms with E-state index in [1.165, 1.54) is 25.1 Å². The van der Waals surface area contributed by atoms with Gasteiger partial charge in [-0.1, -0.05) is 44.2 Å². The summed E-state index contributed by atoms with van der Waals surface area (Å²) >= 11 is 0. The summed E-state index contributed by atoms with van der Waals surface area (Å²) in [4.78, 5) is 2.71. The lowest BCUT2D eigenvalue weighted by molar-refractivity contribution is 0.130. The second-order valence-electron chi connectivity index (χ2n) is 7.49. The summed E-state index contributed by atoms with van der Waals surface area (Å²) in [6, 6.07) is 12.2. The third-order valence-electron chi connectivity index (χ3n) is 5.28. The maximum absolute atomic E-state index is 3.72. The first-order valence-electron chi connectivity index (χ1n) is 8.06. The number of nitrogens with zero attached hydrogens (tertiary/aromatic N) is 1. The molecule has 1 saturated carbocycles. The summed E-state index contributed by atoms with van der Waals surface area (Å²) in [5, 5.41) is 3.72. The standard InChI is InChI=1S/C18H28N2/c1-14-11-19-17(9-15-7-5-4-6-8-15)13-20(14)12-16-10-18(16,2)3/h4-8,14,16-17,19H,9-13H2,1-3H3. The molecule has 3 atom stereocenters. The van der Waals surface area contributed by atoms with Gasteiger partial charge in [0.2, 0.25) is 0 Å². The van der Waals surface area contributed by atoms with E-state index in [0.29, 0.717) is 17.5 Å². The van der Waals surface area contributed by atoms with Gasteiger partial charge < -0.3 is 5.32 Å². The molecule has 3 rings (SSSR count). The summed E-state index contributed by atoms with van der Waals surface area (Å²) in [6.45, 7) is 10.8. The molecule has 1 aromatic rings. The van der Waals surface area contributed by atoms with Gasteiger partial charge in [-0.3, -0.25) is 4.90 Å². The van der Waals surface area contributed by atoms with Crippen molar-refractivity contribution in [2.24, 2.45) is 11.3 Å². The molecule has 0 radical (unpaired) electrons. The minimum Gasteiger partial charge on any atom is -0.311 e. The Balaban J connectivity index is 1.56. The van der Waals surface area contributed by atoms with Crippen molar-refractivity contribution < 1.29 is 0 Å². The van der Waals surface area contributed by atoms with Crippen LogP contribution >= 0.6 is 0 Å². The van der Waals surface area contributed by atoms with Crippen LogP contribution in [0.15, 0.2) is 30.3 Å². The Bertz CT molecular complexity index is 440. The maximum atomic E-state index is 3.72. The number of hydrogen-bond acceptors (Lipinski definition) is 2. The predicted molar refractivity (Wildman–Crippen MR) is 84.9 cm³/mol. The molecular formula is C18H28N2. The highest BCUT2D eigenvalue weighted by Gasteiger charge is 2.46. The molecule has 0 amide bonds. The lowest BCUT2D eigenvalue weighted by Gasteiger charge is -2.39. The van der Waals surface area contributed by atoms with Gasteiger partial charge in [0.25, 0.3) is 0 Å². The normalized spacial score (nSPS) is 33.0. The number of hydrogen-bond donors (Lipinski definition) is 1. The zero-order valence-corrected chi connectivity index (χ0v) is 13.1. The fourth-order valence-corrected chi connectivity index (χ4v) is 3.45. The lowest BCUT2D eigenvalue weighted by atomic mass is 10.0. The Kier molecular flexibility index (Phi) is 3.87. The van der Waals surface area contributed by atoms with E-state index in [2.05, 4.69) is 61.3 Å². The van der Waals surface area contributed by atoms with Crippen LogP contribution in [0.25, 0.3) is 0 Å². The van der Waals surface area contributed by atoms with E-state index in [4.69, 9.17) is 0 Å². The summed E-state index contributed by atoms with van der Waals surface area (Å²) in [5.74, 6) is 0.917. The Labute approximate surface area is 123 Å². The molecule has 1 heterocycles. The third kappa shape index (κ3) is 3.24. The molecule has 1 aliphatic heterocycles. The van der Waals surface area contributed by atoms with Crippen molar-refractivity contribution in [3.05, 3.63) is 35.9 Å². The largest absolute Gasteiger partial charge is 0.311 e. The van der Waals surface area contributed by atoms with Crippen molar-refractivity contribution in [2.45, 2.75) is 45.7 Å². The molecule has 2 heteroatoms. The van der Waals surface area contributed by atoms with Crippen LogP contribution in [0.2, 0.25) is 0 Å². The predicted octanol–water partition coefficient (Wildman–Crippen LogP) is 2.94. The van der Waals surface area contributed by atoms with E-state index in [0.717, 1.165) is 18.9 Å². The second kappa shape index (κ2) is 5.50. The number of benzene rings is 1. The fourth-order valence-electron chi connectivity index (χ4n) is 3.45. The van der Waals surface area contributed by atoms with Crippen molar-refractivity contribution in [1.82, 2.24) is 10.2 Å². The fraction of sp³-hybridized carbons (Fsp3) is 0.667. The lowest BCUT2D eigenvalue weighted by Crippen LogP contribution is -2.56. The van der Waals surface area contributed by atoms with Crippen molar-refractivity contribution in [1.29, 1.82) is 0 Å². The summed E-state index contributed by atoms with van der Waals surface area (Å²) < 4.78 is 0. The Morgan fingerprint density at radius 2 is 1.95 bits per heavy atom.